The van der Waals surface area contributed by atoms with Gasteiger partial charge in [0.15, 0.2) is 0 Å². The summed E-state index contributed by atoms with van der Waals surface area (Å²) in [6, 6.07) is 12.0. The van der Waals surface area contributed by atoms with E-state index in [0.29, 0.717) is 5.82 Å². The molecule has 1 heterocycles. The second-order valence-corrected chi connectivity index (χ2v) is 4.26. The maximum absolute atomic E-state index is 14.4. The van der Waals surface area contributed by atoms with Crippen LogP contribution in [0.2, 0.25) is 0 Å². The lowest BCUT2D eigenvalue weighted by atomic mass is 10.1. The Hall–Kier alpha value is -2.69. The van der Waals surface area contributed by atoms with Crippen LogP contribution in [0.3, 0.4) is 0 Å². The minimum absolute atomic E-state index is 0.106. The quantitative estimate of drug-likeness (QED) is 0.728. The molecule has 3 aromatic rings. The van der Waals surface area contributed by atoms with Gasteiger partial charge in [0, 0.05) is 0 Å². The van der Waals surface area contributed by atoms with Crippen molar-refractivity contribution in [1.82, 2.24) is 9.97 Å². The number of esters is 1. The Morgan fingerprint density at radius 1 is 1.20 bits per heavy atom. The summed E-state index contributed by atoms with van der Waals surface area (Å²) < 4.78 is 18.9. The lowest BCUT2D eigenvalue weighted by Crippen LogP contribution is -2.05. The maximum Gasteiger partial charge on any atom is 0.340 e. The fourth-order valence-electron chi connectivity index (χ4n) is 2.06. The van der Waals surface area contributed by atoms with Crippen molar-refractivity contribution in [3.05, 3.63) is 53.8 Å². The highest BCUT2D eigenvalue weighted by molar-refractivity contribution is 5.91. The van der Waals surface area contributed by atoms with E-state index >= 15 is 0 Å². The fraction of sp³-hybridized carbons (Fsp3) is 0.0667. The van der Waals surface area contributed by atoms with Gasteiger partial charge in [-0.05, 0) is 24.3 Å². The number of nitrogens with one attached hydrogen (secondary N) is 1. The van der Waals surface area contributed by atoms with Gasteiger partial charge in [-0.15, -0.1) is 0 Å². The molecule has 0 bridgehead atoms. The van der Waals surface area contributed by atoms with E-state index in [-0.39, 0.29) is 11.1 Å². The van der Waals surface area contributed by atoms with Crippen molar-refractivity contribution in [3.63, 3.8) is 0 Å². The van der Waals surface area contributed by atoms with Crippen LogP contribution in [0.4, 0.5) is 4.39 Å². The van der Waals surface area contributed by atoms with Crippen LogP contribution in [0, 0.1) is 5.82 Å². The molecule has 0 aliphatic carbocycles. The second-order valence-electron chi connectivity index (χ2n) is 4.26. The SMILES string of the molecule is COC(=O)c1cccc(-c2nc3ccccc3[nH]2)c1F. The summed E-state index contributed by atoms with van der Waals surface area (Å²) in [5.41, 5.74) is 1.69. The number of fused-ring (bicyclic) bond motifs is 1. The number of carbonyl (C=O) groups excluding carboxylic acids is 1. The Balaban J connectivity index is 2.16. The number of hydrogen-bond acceptors (Lipinski definition) is 3. The van der Waals surface area contributed by atoms with Gasteiger partial charge in [-0.2, -0.15) is 0 Å². The Morgan fingerprint density at radius 2 is 2.00 bits per heavy atom. The topological polar surface area (TPSA) is 55.0 Å². The summed E-state index contributed by atoms with van der Waals surface area (Å²) in [7, 11) is 1.22. The number of ether oxygens (including phenoxy) is 1. The third kappa shape index (κ3) is 1.93. The molecule has 20 heavy (non-hydrogen) atoms. The average molecular weight is 270 g/mol. The Labute approximate surface area is 114 Å². The molecule has 4 nitrogen and oxygen atoms in total. The maximum atomic E-state index is 14.4. The van der Waals surface area contributed by atoms with E-state index < -0.39 is 11.8 Å². The minimum Gasteiger partial charge on any atom is -0.465 e. The number of halogens is 1. The molecule has 0 aliphatic heterocycles. The zero-order valence-corrected chi connectivity index (χ0v) is 10.7. The molecular formula is C15H11FN2O2. The standard InChI is InChI=1S/C15H11FN2O2/c1-20-15(19)10-6-4-5-9(13(10)16)14-17-11-7-2-3-8-12(11)18-14/h2-8H,1H3,(H,17,18). The normalized spacial score (nSPS) is 10.7. The van der Waals surface area contributed by atoms with Crippen LogP contribution in [0.25, 0.3) is 22.4 Å². The molecular weight excluding hydrogens is 259 g/mol. The fourth-order valence-corrected chi connectivity index (χ4v) is 2.06. The van der Waals surface area contributed by atoms with Gasteiger partial charge in [0.1, 0.15) is 11.6 Å². The Bertz CT molecular complexity index is 762. The molecule has 0 spiro atoms. The van der Waals surface area contributed by atoms with E-state index in [0.717, 1.165) is 11.0 Å². The Morgan fingerprint density at radius 3 is 2.75 bits per heavy atom. The van der Waals surface area contributed by atoms with Crippen molar-refractivity contribution in [2.45, 2.75) is 0 Å². The predicted octanol–water partition coefficient (Wildman–Crippen LogP) is 3.16. The molecule has 1 aromatic heterocycles. The molecule has 1 N–H and O–H groups in total. The number of imidazole rings is 1. The van der Waals surface area contributed by atoms with Gasteiger partial charge in [0.05, 0.1) is 29.3 Å². The third-order valence-electron chi connectivity index (χ3n) is 3.05. The second kappa shape index (κ2) is 4.77. The third-order valence-corrected chi connectivity index (χ3v) is 3.05. The van der Waals surface area contributed by atoms with E-state index in [1.54, 1.807) is 12.1 Å². The van der Waals surface area contributed by atoms with Crippen LogP contribution in [0.15, 0.2) is 42.5 Å². The van der Waals surface area contributed by atoms with E-state index in [1.807, 2.05) is 24.3 Å². The van der Waals surface area contributed by atoms with Crippen molar-refractivity contribution in [2.75, 3.05) is 7.11 Å². The Kier molecular flexibility index (Phi) is 2.95. The number of carbonyl (C=O) groups is 1. The van der Waals surface area contributed by atoms with Crippen LogP contribution >= 0.6 is 0 Å². The highest BCUT2D eigenvalue weighted by Crippen LogP contribution is 2.25. The molecule has 100 valence electrons. The number of benzene rings is 2. The molecule has 3 rings (SSSR count). The number of rotatable bonds is 2. The lowest BCUT2D eigenvalue weighted by molar-refractivity contribution is 0.0595. The molecule has 0 atom stereocenters. The summed E-state index contributed by atoms with van der Waals surface area (Å²) in [4.78, 5) is 18.9. The highest BCUT2D eigenvalue weighted by Gasteiger charge is 2.18. The van der Waals surface area contributed by atoms with Crippen molar-refractivity contribution < 1.29 is 13.9 Å². The molecule has 5 heteroatoms. The van der Waals surface area contributed by atoms with Gasteiger partial charge < -0.3 is 9.72 Å². The first-order valence-corrected chi connectivity index (χ1v) is 6.02. The van der Waals surface area contributed by atoms with Crippen molar-refractivity contribution in [3.8, 4) is 11.4 Å². The molecule has 2 aromatic carbocycles. The van der Waals surface area contributed by atoms with Gasteiger partial charge >= 0.3 is 5.97 Å². The number of H-pyrrole nitrogens is 1. The van der Waals surface area contributed by atoms with Gasteiger partial charge in [0.2, 0.25) is 0 Å². The summed E-state index contributed by atoms with van der Waals surface area (Å²) in [5.74, 6) is -0.965. The molecule has 0 aliphatic rings. The van der Waals surface area contributed by atoms with E-state index in [2.05, 4.69) is 14.7 Å². The minimum atomic E-state index is -0.708. The number of methoxy groups -OCH3 is 1. The smallest absolute Gasteiger partial charge is 0.340 e. The van der Waals surface area contributed by atoms with Gasteiger partial charge in [0.25, 0.3) is 0 Å². The van der Waals surface area contributed by atoms with Crippen molar-refractivity contribution in [1.29, 1.82) is 0 Å². The van der Waals surface area contributed by atoms with Gasteiger partial charge in [-0.25, -0.2) is 14.2 Å². The number of nitrogens with zero attached hydrogens (tertiary/aromatic N) is 1. The zero-order chi connectivity index (χ0) is 14.1. The van der Waals surface area contributed by atoms with Gasteiger partial charge in [-0.1, -0.05) is 18.2 Å². The summed E-state index contributed by atoms with van der Waals surface area (Å²) in [5, 5.41) is 0. The average Bonchev–Trinajstić information content (AvgIpc) is 2.90. The molecule has 0 amide bonds. The molecule has 0 saturated heterocycles. The van der Waals surface area contributed by atoms with E-state index in [1.165, 1.54) is 13.2 Å². The number of para-hydroxylation sites is 2. The van der Waals surface area contributed by atoms with Crippen LogP contribution in [0.1, 0.15) is 10.4 Å². The van der Waals surface area contributed by atoms with E-state index in [9.17, 15) is 9.18 Å². The number of aromatic amines is 1. The predicted molar refractivity (Wildman–Crippen MR) is 72.8 cm³/mol. The molecule has 0 saturated carbocycles. The largest absolute Gasteiger partial charge is 0.465 e. The molecule has 0 fully saturated rings. The summed E-state index contributed by atoms with van der Waals surface area (Å²) in [6.45, 7) is 0. The summed E-state index contributed by atoms with van der Waals surface area (Å²) >= 11 is 0. The van der Waals surface area contributed by atoms with Crippen LogP contribution < -0.4 is 0 Å². The number of aromatic nitrogens is 2. The molecule has 0 radical (unpaired) electrons. The highest BCUT2D eigenvalue weighted by atomic mass is 19.1. The van der Waals surface area contributed by atoms with Crippen molar-refractivity contribution >= 4 is 17.0 Å². The summed E-state index contributed by atoms with van der Waals surface area (Å²) in [6.07, 6.45) is 0. The molecule has 0 unspecified atom stereocenters. The first-order valence-electron chi connectivity index (χ1n) is 6.02. The lowest BCUT2D eigenvalue weighted by Gasteiger charge is -2.04. The van der Waals surface area contributed by atoms with Crippen molar-refractivity contribution in [2.24, 2.45) is 0 Å². The van der Waals surface area contributed by atoms with Gasteiger partial charge in [-0.3, -0.25) is 0 Å². The monoisotopic (exact) mass is 270 g/mol. The van der Waals surface area contributed by atoms with Crippen LogP contribution in [-0.4, -0.2) is 23.0 Å². The van der Waals surface area contributed by atoms with Crippen LogP contribution in [-0.2, 0) is 4.74 Å². The van der Waals surface area contributed by atoms with Crippen LogP contribution in [0.5, 0.6) is 0 Å². The van der Waals surface area contributed by atoms with E-state index in [4.69, 9.17) is 0 Å². The first kappa shape index (κ1) is 12.3. The number of hydrogen-bond donors (Lipinski definition) is 1. The first-order chi connectivity index (χ1) is 9.70. The zero-order valence-electron chi connectivity index (χ0n) is 10.7.